The van der Waals surface area contributed by atoms with E-state index in [1.54, 1.807) is 0 Å². The normalized spacial score (nSPS) is 18.5. The molecule has 3 rings (SSSR count). The third kappa shape index (κ3) is 5.23. The van der Waals surface area contributed by atoms with E-state index in [0.29, 0.717) is 13.2 Å². The molecule has 7 heteroatoms. The molecule has 1 amide bonds. The van der Waals surface area contributed by atoms with Crippen LogP contribution in [-0.4, -0.2) is 53.1 Å². The van der Waals surface area contributed by atoms with E-state index in [2.05, 4.69) is 32.3 Å². The second-order valence-corrected chi connectivity index (χ2v) is 6.09. The van der Waals surface area contributed by atoms with Gasteiger partial charge in [0.15, 0.2) is 0 Å². The fraction of sp³-hybridized carbons (Fsp3) is 0.389. The molecule has 0 bridgehead atoms. The van der Waals surface area contributed by atoms with Crippen LogP contribution in [-0.2, 0) is 11.3 Å². The zero-order valence-corrected chi connectivity index (χ0v) is 14.0. The van der Waals surface area contributed by atoms with Crippen molar-refractivity contribution in [2.24, 2.45) is 0 Å². The second-order valence-electron chi connectivity index (χ2n) is 6.09. The molecule has 2 N–H and O–H groups in total. The van der Waals surface area contributed by atoms with Gasteiger partial charge in [-0.05, 0) is 12.0 Å². The lowest BCUT2D eigenvalue weighted by molar-refractivity contribution is 0.0509. The van der Waals surface area contributed by atoms with Gasteiger partial charge in [-0.1, -0.05) is 30.3 Å². The van der Waals surface area contributed by atoms with Crippen molar-refractivity contribution in [3.8, 4) is 0 Å². The Kier molecular flexibility index (Phi) is 5.92. The van der Waals surface area contributed by atoms with Gasteiger partial charge in [-0.2, -0.15) is 0 Å². The van der Waals surface area contributed by atoms with E-state index in [1.165, 1.54) is 11.8 Å². The summed E-state index contributed by atoms with van der Waals surface area (Å²) < 4.78 is 5.84. The third-order valence-electron chi connectivity index (χ3n) is 4.07. The van der Waals surface area contributed by atoms with Gasteiger partial charge in [-0.3, -0.25) is 19.5 Å². The van der Waals surface area contributed by atoms with E-state index < -0.39 is 5.56 Å². The lowest BCUT2D eigenvalue weighted by Crippen LogP contribution is -2.40. The summed E-state index contributed by atoms with van der Waals surface area (Å²) in [6.07, 6.45) is 3.35. The molecule has 0 spiro atoms. The van der Waals surface area contributed by atoms with Crippen molar-refractivity contribution < 1.29 is 9.53 Å². The number of hydrogen-bond donors (Lipinski definition) is 2. The second kappa shape index (κ2) is 8.55. The molecular formula is C18H22N4O3. The van der Waals surface area contributed by atoms with Gasteiger partial charge in [0.25, 0.3) is 11.5 Å². The predicted octanol–water partition coefficient (Wildman–Crippen LogP) is 0.791. The standard InChI is InChI=1S/C18H22N4O3/c23-17-11-19-10-16(21-17)18(24)20-9-15-13-22(7-4-8-25-15)12-14-5-2-1-3-6-14/h1-3,5-6,10-11,15H,4,7-9,12-13H2,(H,20,24)(H,21,23)/t15-/m0/s1. The topological polar surface area (TPSA) is 87.3 Å². The van der Waals surface area contributed by atoms with Crippen molar-refractivity contribution in [3.63, 3.8) is 0 Å². The summed E-state index contributed by atoms with van der Waals surface area (Å²) >= 11 is 0. The molecule has 0 unspecified atom stereocenters. The predicted molar refractivity (Wildman–Crippen MR) is 93.3 cm³/mol. The number of carbonyl (C=O) groups is 1. The van der Waals surface area contributed by atoms with Gasteiger partial charge in [-0.25, -0.2) is 0 Å². The molecule has 7 nitrogen and oxygen atoms in total. The minimum atomic E-state index is -0.396. The Bertz CT molecular complexity index is 747. The van der Waals surface area contributed by atoms with E-state index in [0.717, 1.165) is 32.3 Å². The Labute approximate surface area is 146 Å². The van der Waals surface area contributed by atoms with E-state index in [9.17, 15) is 9.59 Å². The SMILES string of the molecule is O=C(NC[C@H]1CN(Cc2ccccc2)CCCO1)c1cncc(=O)[nH]1. The van der Waals surface area contributed by atoms with Crippen molar-refractivity contribution in [1.29, 1.82) is 0 Å². The number of H-pyrrole nitrogens is 1. The number of rotatable bonds is 5. The Hall–Kier alpha value is -2.51. The average Bonchev–Trinajstić information content (AvgIpc) is 2.85. The minimum absolute atomic E-state index is 0.0847. The maximum atomic E-state index is 12.1. The molecular weight excluding hydrogens is 320 g/mol. The first-order chi connectivity index (χ1) is 12.2. The van der Waals surface area contributed by atoms with Crippen LogP contribution in [0, 0.1) is 0 Å². The van der Waals surface area contributed by atoms with E-state index in [1.807, 2.05) is 18.2 Å². The van der Waals surface area contributed by atoms with E-state index in [4.69, 9.17) is 4.74 Å². The first kappa shape index (κ1) is 17.3. The van der Waals surface area contributed by atoms with E-state index in [-0.39, 0.29) is 17.7 Å². The molecule has 1 aliphatic heterocycles. The largest absolute Gasteiger partial charge is 0.375 e. The Morgan fingerprint density at radius 2 is 2.16 bits per heavy atom. The molecule has 25 heavy (non-hydrogen) atoms. The van der Waals surface area contributed by atoms with Crippen LogP contribution in [0.3, 0.4) is 0 Å². The first-order valence-corrected chi connectivity index (χ1v) is 8.41. The highest BCUT2D eigenvalue weighted by Gasteiger charge is 2.20. The van der Waals surface area contributed by atoms with Crippen molar-refractivity contribution >= 4 is 5.91 Å². The third-order valence-corrected chi connectivity index (χ3v) is 4.07. The van der Waals surface area contributed by atoms with Crippen molar-refractivity contribution in [3.05, 3.63) is 64.3 Å². The maximum absolute atomic E-state index is 12.1. The minimum Gasteiger partial charge on any atom is -0.375 e. The van der Waals surface area contributed by atoms with Crippen molar-refractivity contribution in [2.75, 3.05) is 26.2 Å². The fourth-order valence-corrected chi connectivity index (χ4v) is 2.87. The number of hydrogen-bond acceptors (Lipinski definition) is 5. The molecule has 1 atom stereocenters. The number of benzene rings is 1. The van der Waals surface area contributed by atoms with Crippen LogP contribution in [0.15, 0.2) is 47.5 Å². The van der Waals surface area contributed by atoms with Gasteiger partial charge in [0.1, 0.15) is 5.69 Å². The Balaban J connectivity index is 1.54. The average molecular weight is 342 g/mol. The van der Waals surface area contributed by atoms with Crippen LogP contribution in [0.4, 0.5) is 0 Å². The molecule has 2 heterocycles. The summed E-state index contributed by atoms with van der Waals surface area (Å²) in [6.45, 7) is 3.65. The summed E-state index contributed by atoms with van der Waals surface area (Å²) in [7, 11) is 0. The van der Waals surface area contributed by atoms with Gasteiger partial charge in [0.2, 0.25) is 0 Å². The molecule has 1 aromatic carbocycles. The Morgan fingerprint density at radius 3 is 2.96 bits per heavy atom. The number of aromatic amines is 1. The number of nitrogens with zero attached hydrogens (tertiary/aromatic N) is 2. The van der Waals surface area contributed by atoms with Crippen molar-refractivity contribution in [2.45, 2.75) is 19.1 Å². The van der Waals surface area contributed by atoms with Crippen LogP contribution in [0.25, 0.3) is 0 Å². The molecule has 1 aromatic heterocycles. The smallest absolute Gasteiger partial charge is 0.269 e. The number of carbonyl (C=O) groups excluding carboxylic acids is 1. The zero-order valence-electron chi connectivity index (χ0n) is 14.0. The highest BCUT2D eigenvalue weighted by Crippen LogP contribution is 2.10. The molecule has 1 saturated heterocycles. The van der Waals surface area contributed by atoms with Gasteiger partial charge in [-0.15, -0.1) is 0 Å². The number of aromatic nitrogens is 2. The van der Waals surface area contributed by atoms with Crippen molar-refractivity contribution in [1.82, 2.24) is 20.2 Å². The molecule has 2 aromatic rings. The van der Waals surface area contributed by atoms with Gasteiger partial charge < -0.3 is 15.0 Å². The van der Waals surface area contributed by atoms with Crippen LogP contribution in [0.5, 0.6) is 0 Å². The fourth-order valence-electron chi connectivity index (χ4n) is 2.87. The van der Waals surface area contributed by atoms with Gasteiger partial charge in [0.05, 0.1) is 18.5 Å². The Morgan fingerprint density at radius 1 is 1.32 bits per heavy atom. The molecule has 132 valence electrons. The highest BCUT2D eigenvalue weighted by molar-refractivity contribution is 5.91. The summed E-state index contributed by atoms with van der Waals surface area (Å²) in [5.41, 5.74) is 1.02. The van der Waals surface area contributed by atoms with E-state index >= 15 is 0 Å². The zero-order chi connectivity index (χ0) is 17.5. The molecule has 1 fully saturated rings. The lowest BCUT2D eigenvalue weighted by atomic mass is 10.2. The summed E-state index contributed by atoms with van der Waals surface area (Å²) in [4.78, 5) is 31.9. The van der Waals surface area contributed by atoms with Gasteiger partial charge >= 0.3 is 0 Å². The van der Waals surface area contributed by atoms with Gasteiger partial charge in [0, 0.05) is 32.8 Å². The first-order valence-electron chi connectivity index (χ1n) is 8.41. The number of nitrogens with one attached hydrogen (secondary N) is 2. The molecule has 1 aliphatic rings. The van der Waals surface area contributed by atoms with Crippen LogP contribution in [0.2, 0.25) is 0 Å². The van der Waals surface area contributed by atoms with Crippen LogP contribution < -0.4 is 10.9 Å². The lowest BCUT2D eigenvalue weighted by Gasteiger charge is -2.24. The number of amides is 1. The molecule has 0 saturated carbocycles. The summed E-state index contributed by atoms with van der Waals surface area (Å²) in [5, 5.41) is 2.81. The number of ether oxygens (including phenoxy) is 1. The monoisotopic (exact) mass is 342 g/mol. The highest BCUT2D eigenvalue weighted by atomic mass is 16.5. The summed E-state index contributed by atoms with van der Waals surface area (Å²) in [6, 6.07) is 10.3. The molecule has 0 radical (unpaired) electrons. The van der Waals surface area contributed by atoms with Crippen LogP contribution >= 0.6 is 0 Å². The van der Waals surface area contributed by atoms with Crippen LogP contribution in [0.1, 0.15) is 22.5 Å². The summed E-state index contributed by atoms with van der Waals surface area (Å²) in [5.74, 6) is -0.354. The quantitative estimate of drug-likeness (QED) is 0.839. The molecule has 0 aliphatic carbocycles. The maximum Gasteiger partial charge on any atom is 0.269 e.